The highest BCUT2D eigenvalue weighted by molar-refractivity contribution is 7.91. The maximum absolute atomic E-state index is 12.2. The van der Waals surface area contributed by atoms with E-state index in [-0.39, 0.29) is 23.3 Å². The topological polar surface area (TPSA) is 69.0 Å². The van der Waals surface area contributed by atoms with Crippen molar-refractivity contribution in [3.05, 3.63) is 57.3 Å². The van der Waals surface area contributed by atoms with Gasteiger partial charge >= 0.3 is 0 Å². The van der Waals surface area contributed by atoms with Crippen LogP contribution < -0.4 is 0 Å². The highest BCUT2D eigenvalue weighted by Crippen LogP contribution is 2.30. The molecule has 2 heterocycles. The summed E-state index contributed by atoms with van der Waals surface area (Å²) < 4.78 is 24.9. The largest absolute Gasteiger partial charge is 0.289 e. The zero-order valence-electron chi connectivity index (χ0n) is 13.4. The number of nitrogens with zero attached hydrogens (tertiary/aromatic N) is 2. The van der Waals surface area contributed by atoms with Crippen LogP contribution in [0.25, 0.3) is 6.08 Å². The fraction of sp³-hybridized carbons (Fsp3) is 0.294. The van der Waals surface area contributed by atoms with Gasteiger partial charge in [0, 0.05) is 16.1 Å². The molecule has 5 nitrogen and oxygen atoms in total. The molecule has 0 saturated carbocycles. The van der Waals surface area contributed by atoms with Gasteiger partial charge in [0.25, 0.3) is 0 Å². The molecule has 132 valence electrons. The summed E-state index contributed by atoms with van der Waals surface area (Å²) in [7, 11) is -3.03. The summed E-state index contributed by atoms with van der Waals surface area (Å²) in [6.45, 7) is 1.77. The van der Waals surface area contributed by atoms with Gasteiger partial charge < -0.3 is 0 Å². The Balaban J connectivity index is 1.85. The van der Waals surface area contributed by atoms with Crippen molar-refractivity contribution in [3.63, 3.8) is 0 Å². The molecule has 1 aliphatic heterocycles. The second kappa shape index (κ2) is 6.94. The number of allylic oxidation sites excluding steroid dienone is 1. The molecule has 25 heavy (non-hydrogen) atoms. The standard InChI is InChI=1S/C17H16Cl2N2O3S/c1-11-15(5-6-16(22)12-3-2-4-13(18)9-12)17(19)21(20-11)14-7-8-25(23,24)10-14/h2-6,9,14H,7-8,10H2,1H3/b6-5+/t14-/m1/s1. The van der Waals surface area contributed by atoms with Gasteiger partial charge in [-0.05, 0) is 37.6 Å². The number of aryl methyl sites for hydroxylation is 1. The van der Waals surface area contributed by atoms with Gasteiger partial charge in [0.15, 0.2) is 15.6 Å². The number of halogens is 2. The number of rotatable bonds is 4. The molecule has 0 amide bonds. The van der Waals surface area contributed by atoms with E-state index in [9.17, 15) is 13.2 Å². The average molecular weight is 399 g/mol. The molecule has 0 bridgehead atoms. The Kier molecular flexibility index (Phi) is 5.04. The van der Waals surface area contributed by atoms with Crippen LogP contribution in [-0.2, 0) is 9.84 Å². The third-order valence-electron chi connectivity index (χ3n) is 4.14. The molecule has 1 fully saturated rings. The second-order valence-electron chi connectivity index (χ2n) is 6.00. The van der Waals surface area contributed by atoms with E-state index in [0.717, 1.165) is 0 Å². The minimum absolute atomic E-state index is 0.0401. The van der Waals surface area contributed by atoms with E-state index >= 15 is 0 Å². The SMILES string of the molecule is Cc1nn([C@@H]2CCS(=O)(=O)C2)c(Cl)c1/C=C/C(=O)c1cccc(Cl)c1. The zero-order valence-corrected chi connectivity index (χ0v) is 15.8. The van der Waals surface area contributed by atoms with Crippen molar-refractivity contribution in [2.24, 2.45) is 0 Å². The van der Waals surface area contributed by atoms with Gasteiger partial charge in [-0.3, -0.25) is 4.79 Å². The highest BCUT2D eigenvalue weighted by atomic mass is 35.5. The van der Waals surface area contributed by atoms with E-state index < -0.39 is 9.84 Å². The molecule has 0 radical (unpaired) electrons. The highest BCUT2D eigenvalue weighted by Gasteiger charge is 2.31. The Morgan fingerprint density at radius 3 is 2.76 bits per heavy atom. The first kappa shape index (κ1) is 18.2. The van der Waals surface area contributed by atoms with E-state index in [2.05, 4.69) is 5.10 Å². The molecule has 2 aromatic rings. The number of ketones is 1. The molecule has 1 aromatic carbocycles. The maximum atomic E-state index is 12.2. The molecule has 0 unspecified atom stereocenters. The van der Waals surface area contributed by atoms with Gasteiger partial charge in [0.2, 0.25) is 0 Å². The number of carbonyl (C=O) groups is 1. The quantitative estimate of drug-likeness (QED) is 0.580. The van der Waals surface area contributed by atoms with Crippen molar-refractivity contribution in [2.75, 3.05) is 11.5 Å². The number of hydrogen-bond donors (Lipinski definition) is 0. The van der Waals surface area contributed by atoms with E-state index in [1.807, 2.05) is 0 Å². The van der Waals surface area contributed by atoms with Crippen molar-refractivity contribution < 1.29 is 13.2 Å². The molecule has 1 saturated heterocycles. The fourth-order valence-corrected chi connectivity index (χ4v) is 5.09. The zero-order chi connectivity index (χ0) is 18.2. The van der Waals surface area contributed by atoms with E-state index in [0.29, 0.717) is 33.4 Å². The molecule has 0 spiro atoms. The van der Waals surface area contributed by atoms with Crippen molar-refractivity contribution in [3.8, 4) is 0 Å². The van der Waals surface area contributed by atoms with Gasteiger partial charge in [-0.15, -0.1) is 0 Å². The van der Waals surface area contributed by atoms with Gasteiger partial charge in [-0.2, -0.15) is 5.10 Å². The number of aromatic nitrogens is 2. The lowest BCUT2D eigenvalue weighted by atomic mass is 10.1. The van der Waals surface area contributed by atoms with Crippen LogP contribution in [0.3, 0.4) is 0 Å². The van der Waals surface area contributed by atoms with Crippen molar-refractivity contribution in [1.29, 1.82) is 0 Å². The lowest BCUT2D eigenvalue weighted by molar-refractivity contribution is 0.104. The number of hydrogen-bond acceptors (Lipinski definition) is 4. The molecule has 1 aromatic heterocycles. The first-order valence-corrected chi connectivity index (χ1v) is 10.3. The average Bonchev–Trinajstić information content (AvgIpc) is 3.04. The maximum Gasteiger partial charge on any atom is 0.185 e. The lowest BCUT2D eigenvalue weighted by Crippen LogP contribution is -2.12. The molecule has 8 heteroatoms. The first-order chi connectivity index (χ1) is 11.8. The Labute approximate surface area is 156 Å². The smallest absolute Gasteiger partial charge is 0.185 e. The van der Waals surface area contributed by atoms with Crippen LogP contribution in [-0.4, -0.2) is 35.5 Å². The summed E-state index contributed by atoms with van der Waals surface area (Å²) in [5.74, 6) is -0.0156. The summed E-state index contributed by atoms with van der Waals surface area (Å²) in [4.78, 5) is 12.2. The Morgan fingerprint density at radius 1 is 1.36 bits per heavy atom. The summed E-state index contributed by atoms with van der Waals surface area (Å²) >= 11 is 12.3. The second-order valence-corrected chi connectivity index (χ2v) is 9.02. The number of benzene rings is 1. The Morgan fingerprint density at radius 2 is 2.12 bits per heavy atom. The summed E-state index contributed by atoms with van der Waals surface area (Å²) in [6.07, 6.45) is 3.51. The molecule has 3 rings (SSSR count). The molecule has 1 atom stereocenters. The predicted octanol–water partition coefficient (Wildman–Crippen LogP) is 3.75. The van der Waals surface area contributed by atoms with E-state index in [1.165, 1.54) is 6.08 Å². The van der Waals surface area contributed by atoms with Crippen LogP contribution in [0.2, 0.25) is 10.2 Å². The van der Waals surface area contributed by atoms with E-state index in [1.54, 1.807) is 41.9 Å². The predicted molar refractivity (Wildman–Crippen MR) is 99.1 cm³/mol. The normalized spacial score (nSPS) is 19.6. The molecule has 1 aliphatic rings. The lowest BCUT2D eigenvalue weighted by Gasteiger charge is -2.09. The van der Waals surface area contributed by atoms with Crippen LogP contribution in [0, 0.1) is 6.92 Å². The van der Waals surface area contributed by atoms with E-state index in [4.69, 9.17) is 23.2 Å². The van der Waals surface area contributed by atoms with Crippen molar-refractivity contribution in [2.45, 2.75) is 19.4 Å². The Hall–Kier alpha value is -1.63. The van der Waals surface area contributed by atoms with Gasteiger partial charge in [-0.1, -0.05) is 35.3 Å². The van der Waals surface area contributed by atoms with Gasteiger partial charge in [0.05, 0.1) is 23.2 Å². The van der Waals surface area contributed by atoms with Gasteiger partial charge in [-0.25, -0.2) is 13.1 Å². The monoisotopic (exact) mass is 398 g/mol. The molecule has 0 N–H and O–H groups in total. The molecular formula is C17H16Cl2N2O3S. The van der Waals surface area contributed by atoms with Crippen molar-refractivity contribution in [1.82, 2.24) is 9.78 Å². The van der Waals surface area contributed by atoms with Crippen LogP contribution >= 0.6 is 23.2 Å². The van der Waals surface area contributed by atoms with Crippen LogP contribution in [0.1, 0.15) is 34.1 Å². The summed E-state index contributed by atoms with van der Waals surface area (Å²) in [5.41, 5.74) is 1.73. The van der Waals surface area contributed by atoms with Crippen LogP contribution in [0.4, 0.5) is 0 Å². The Bertz CT molecular complexity index is 964. The molecular weight excluding hydrogens is 383 g/mol. The summed E-state index contributed by atoms with van der Waals surface area (Å²) in [6, 6.07) is 6.42. The third kappa shape index (κ3) is 3.97. The van der Waals surface area contributed by atoms with Crippen LogP contribution in [0.15, 0.2) is 30.3 Å². The third-order valence-corrected chi connectivity index (χ3v) is 6.50. The number of carbonyl (C=O) groups excluding carboxylic acids is 1. The first-order valence-electron chi connectivity index (χ1n) is 7.70. The van der Waals surface area contributed by atoms with Crippen LogP contribution in [0.5, 0.6) is 0 Å². The molecule has 0 aliphatic carbocycles. The fourth-order valence-electron chi connectivity index (χ4n) is 2.83. The minimum atomic E-state index is -3.03. The van der Waals surface area contributed by atoms with Gasteiger partial charge in [0.1, 0.15) is 5.15 Å². The summed E-state index contributed by atoms with van der Waals surface area (Å²) in [5, 5.41) is 5.19. The van der Waals surface area contributed by atoms with Crippen molar-refractivity contribution >= 4 is 44.9 Å². The number of sulfone groups is 1. The minimum Gasteiger partial charge on any atom is -0.289 e.